The molecule has 0 aliphatic heterocycles. The summed E-state index contributed by atoms with van der Waals surface area (Å²) in [5, 5.41) is 9.99. The van der Waals surface area contributed by atoms with E-state index >= 15 is 0 Å². The van der Waals surface area contributed by atoms with Crippen LogP contribution in [0.1, 0.15) is 72.6 Å². The molecule has 2 saturated carbocycles. The molecule has 0 spiro atoms. The molecule has 1 nitrogen and oxygen atoms in total. The van der Waals surface area contributed by atoms with Gasteiger partial charge in [0, 0.05) is 6.61 Å². The van der Waals surface area contributed by atoms with Crippen LogP contribution in [0.15, 0.2) is 22.8 Å². The van der Waals surface area contributed by atoms with E-state index in [1.54, 1.807) is 11.1 Å². The van der Waals surface area contributed by atoms with E-state index in [0.717, 1.165) is 5.92 Å². The summed E-state index contributed by atoms with van der Waals surface area (Å²) in [7, 11) is 0. The van der Waals surface area contributed by atoms with Crippen molar-refractivity contribution in [3.05, 3.63) is 22.8 Å². The molecule has 118 valence electrons. The summed E-state index contributed by atoms with van der Waals surface area (Å²) in [6.45, 7) is 9.76. The first kappa shape index (κ1) is 15.3. The molecule has 0 aromatic heterocycles. The summed E-state index contributed by atoms with van der Waals surface area (Å²) in [6.07, 6.45) is 11.5. The predicted octanol–water partition coefficient (Wildman–Crippen LogP) is 5.26. The lowest BCUT2D eigenvalue weighted by Gasteiger charge is -2.59. The molecule has 21 heavy (non-hydrogen) atoms. The van der Waals surface area contributed by atoms with Crippen molar-refractivity contribution in [2.45, 2.75) is 72.6 Å². The monoisotopic (exact) mass is 288 g/mol. The van der Waals surface area contributed by atoms with Crippen LogP contribution in [0, 0.1) is 22.7 Å². The Balaban J connectivity index is 1.96. The molecule has 0 amide bonds. The Morgan fingerprint density at radius 1 is 1.19 bits per heavy atom. The minimum absolute atomic E-state index is 0.162. The van der Waals surface area contributed by atoms with Gasteiger partial charge in [0.15, 0.2) is 0 Å². The molecular weight excluding hydrogens is 256 g/mol. The lowest BCUT2D eigenvalue weighted by atomic mass is 9.46. The van der Waals surface area contributed by atoms with Gasteiger partial charge in [-0.3, -0.25) is 0 Å². The Kier molecular flexibility index (Phi) is 3.84. The number of aliphatic hydroxyl groups is 1. The second-order valence-electron chi connectivity index (χ2n) is 8.60. The molecule has 2 fully saturated rings. The van der Waals surface area contributed by atoms with E-state index < -0.39 is 0 Å². The number of rotatable bonds is 1. The molecular formula is C20H32O. The van der Waals surface area contributed by atoms with Gasteiger partial charge in [-0.15, -0.1) is 0 Å². The van der Waals surface area contributed by atoms with Crippen molar-refractivity contribution in [3.8, 4) is 0 Å². The third-order valence-corrected chi connectivity index (χ3v) is 7.13. The average Bonchev–Trinajstić information content (AvgIpc) is 2.46. The smallest absolute Gasteiger partial charge is 0.0487 e. The van der Waals surface area contributed by atoms with E-state index in [-0.39, 0.29) is 5.41 Å². The number of hydrogen-bond acceptors (Lipinski definition) is 1. The SMILES string of the molecule is CC(C)=C1C=C2CCC3[C@](C)(CO)CCC[C@]3(C)[C@H]2CC1. The maximum Gasteiger partial charge on any atom is 0.0487 e. The summed E-state index contributed by atoms with van der Waals surface area (Å²) in [5.74, 6) is 1.48. The Bertz CT molecular complexity index is 482. The van der Waals surface area contributed by atoms with Gasteiger partial charge in [-0.1, -0.05) is 37.5 Å². The fourth-order valence-corrected chi connectivity index (χ4v) is 5.89. The number of hydrogen-bond donors (Lipinski definition) is 1. The third-order valence-electron chi connectivity index (χ3n) is 7.13. The molecule has 0 saturated heterocycles. The van der Waals surface area contributed by atoms with Gasteiger partial charge in [-0.05, 0) is 80.6 Å². The van der Waals surface area contributed by atoms with Gasteiger partial charge >= 0.3 is 0 Å². The van der Waals surface area contributed by atoms with E-state index in [0.29, 0.717) is 17.9 Å². The van der Waals surface area contributed by atoms with Gasteiger partial charge in [0.2, 0.25) is 0 Å². The van der Waals surface area contributed by atoms with E-state index in [2.05, 4.69) is 33.8 Å². The third kappa shape index (κ3) is 2.32. The highest BCUT2D eigenvalue weighted by Crippen LogP contribution is 2.63. The topological polar surface area (TPSA) is 20.2 Å². The Hall–Kier alpha value is -0.560. The van der Waals surface area contributed by atoms with Gasteiger partial charge in [0.25, 0.3) is 0 Å². The van der Waals surface area contributed by atoms with Crippen LogP contribution in [0.4, 0.5) is 0 Å². The van der Waals surface area contributed by atoms with Crippen LogP contribution in [0.3, 0.4) is 0 Å². The Morgan fingerprint density at radius 3 is 2.62 bits per heavy atom. The van der Waals surface area contributed by atoms with Crippen molar-refractivity contribution < 1.29 is 5.11 Å². The first-order valence-corrected chi connectivity index (χ1v) is 8.88. The van der Waals surface area contributed by atoms with Gasteiger partial charge in [-0.25, -0.2) is 0 Å². The van der Waals surface area contributed by atoms with Gasteiger partial charge in [-0.2, -0.15) is 0 Å². The number of aliphatic hydroxyl groups excluding tert-OH is 1. The fraction of sp³-hybridized carbons (Fsp3) is 0.800. The Labute approximate surface area is 130 Å². The van der Waals surface area contributed by atoms with Crippen LogP contribution in [-0.2, 0) is 0 Å². The largest absolute Gasteiger partial charge is 0.396 e. The molecule has 0 aromatic carbocycles. The van der Waals surface area contributed by atoms with Gasteiger partial charge in [0.1, 0.15) is 0 Å². The molecule has 0 aromatic rings. The van der Waals surface area contributed by atoms with Crippen molar-refractivity contribution in [3.63, 3.8) is 0 Å². The molecule has 3 rings (SSSR count). The molecule has 0 bridgehead atoms. The van der Waals surface area contributed by atoms with Crippen LogP contribution in [0.2, 0.25) is 0 Å². The zero-order valence-corrected chi connectivity index (χ0v) is 14.3. The maximum absolute atomic E-state index is 9.99. The predicted molar refractivity (Wildman–Crippen MR) is 89.1 cm³/mol. The summed E-state index contributed by atoms with van der Waals surface area (Å²) < 4.78 is 0. The zero-order valence-electron chi connectivity index (χ0n) is 14.3. The average molecular weight is 288 g/mol. The fourth-order valence-electron chi connectivity index (χ4n) is 5.89. The zero-order chi connectivity index (χ0) is 15.3. The van der Waals surface area contributed by atoms with Crippen LogP contribution >= 0.6 is 0 Å². The standard InChI is InChI=1S/C20H32O/c1-14(2)15-6-8-17-16(12-15)7-9-18-19(3,13-21)10-5-11-20(17,18)4/h12,17-18,21H,5-11,13H2,1-4H3/t17-,18?,19-,20+/m0/s1. The molecule has 3 aliphatic rings. The minimum Gasteiger partial charge on any atom is -0.396 e. The molecule has 3 aliphatic carbocycles. The van der Waals surface area contributed by atoms with Gasteiger partial charge < -0.3 is 5.11 Å². The lowest BCUT2D eigenvalue weighted by Crippen LogP contribution is -2.52. The molecule has 0 heterocycles. The second-order valence-corrected chi connectivity index (χ2v) is 8.60. The molecule has 1 heteroatoms. The summed E-state index contributed by atoms with van der Waals surface area (Å²) in [5.41, 5.74) is 5.39. The van der Waals surface area contributed by atoms with E-state index in [4.69, 9.17) is 0 Å². The van der Waals surface area contributed by atoms with Crippen molar-refractivity contribution in [1.29, 1.82) is 0 Å². The number of fused-ring (bicyclic) bond motifs is 3. The second kappa shape index (κ2) is 5.26. The normalized spacial score (nSPS) is 42.9. The van der Waals surface area contributed by atoms with Gasteiger partial charge in [0.05, 0.1) is 0 Å². The van der Waals surface area contributed by atoms with E-state index in [1.807, 2.05) is 0 Å². The summed E-state index contributed by atoms with van der Waals surface area (Å²) in [6, 6.07) is 0. The summed E-state index contributed by atoms with van der Waals surface area (Å²) in [4.78, 5) is 0. The minimum atomic E-state index is 0.162. The van der Waals surface area contributed by atoms with Crippen LogP contribution < -0.4 is 0 Å². The molecule has 1 N–H and O–H groups in total. The highest BCUT2D eigenvalue weighted by molar-refractivity contribution is 5.34. The maximum atomic E-state index is 9.99. The van der Waals surface area contributed by atoms with E-state index in [1.165, 1.54) is 50.5 Å². The Morgan fingerprint density at radius 2 is 1.95 bits per heavy atom. The molecule has 0 radical (unpaired) electrons. The lowest BCUT2D eigenvalue weighted by molar-refractivity contribution is -0.0867. The van der Waals surface area contributed by atoms with Crippen LogP contribution in [0.25, 0.3) is 0 Å². The number of allylic oxidation sites excluding steroid dienone is 4. The first-order chi connectivity index (χ1) is 9.90. The highest BCUT2D eigenvalue weighted by Gasteiger charge is 2.54. The van der Waals surface area contributed by atoms with E-state index in [9.17, 15) is 5.11 Å². The van der Waals surface area contributed by atoms with Crippen molar-refractivity contribution in [2.75, 3.05) is 6.61 Å². The van der Waals surface area contributed by atoms with Crippen molar-refractivity contribution in [1.82, 2.24) is 0 Å². The van der Waals surface area contributed by atoms with Crippen molar-refractivity contribution >= 4 is 0 Å². The molecule has 4 atom stereocenters. The molecule has 1 unspecified atom stereocenters. The highest BCUT2D eigenvalue weighted by atomic mass is 16.3. The summed E-state index contributed by atoms with van der Waals surface area (Å²) >= 11 is 0. The first-order valence-electron chi connectivity index (χ1n) is 8.88. The van der Waals surface area contributed by atoms with Crippen LogP contribution in [-0.4, -0.2) is 11.7 Å². The quantitative estimate of drug-likeness (QED) is 0.698. The van der Waals surface area contributed by atoms with Crippen LogP contribution in [0.5, 0.6) is 0 Å². The van der Waals surface area contributed by atoms with Crippen molar-refractivity contribution in [2.24, 2.45) is 22.7 Å².